The first-order valence-electron chi connectivity index (χ1n) is 7.86. The molecule has 0 radical (unpaired) electrons. The normalized spacial score (nSPS) is 12.2. The Kier molecular flexibility index (Phi) is 6.91. The van der Waals surface area contributed by atoms with Gasteiger partial charge in [-0.05, 0) is 57.2 Å². The van der Waals surface area contributed by atoms with Crippen LogP contribution in [0.25, 0.3) is 0 Å². The van der Waals surface area contributed by atoms with Crippen LogP contribution in [0, 0.1) is 0 Å². The fourth-order valence-corrected chi connectivity index (χ4v) is 2.02. The van der Waals surface area contributed by atoms with E-state index in [9.17, 15) is 0 Å². The summed E-state index contributed by atoms with van der Waals surface area (Å²) < 4.78 is 22.3. The molecule has 4 heteroatoms. The van der Waals surface area contributed by atoms with Crippen LogP contribution in [0.2, 0.25) is 0 Å². The van der Waals surface area contributed by atoms with Crippen molar-refractivity contribution >= 4 is 0 Å². The van der Waals surface area contributed by atoms with Crippen LogP contribution in [0.3, 0.4) is 0 Å². The molecule has 0 fully saturated rings. The Hall–Kier alpha value is -2.04. The van der Waals surface area contributed by atoms with Crippen molar-refractivity contribution in [2.24, 2.45) is 0 Å². The zero-order chi connectivity index (χ0) is 16.5. The van der Waals surface area contributed by atoms with Gasteiger partial charge in [0.05, 0.1) is 12.7 Å². The van der Waals surface area contributed by atoms with Crippen molar-refractivity contribution in [3.8, 4) is 17.2 Å². The summed E-state index contributed by atoms with van der Waals surface area (Å²) in [6.45, 7) is 6.81. The molecule has 23 heavy (non-hydrogen) atoms. The summed E-state index contributed by atoms with van der Waals surface area (Å²) in [5.74, 6) is 2.37. The molecule has 2 aromatic rings. The van der Waals surface area contributed by atoms with Crippen molar-refractivity contribution in [2.75, 3.05) is 13.2 Å². The van der Waals surface area contributed by atoms with Crippen molar-refractivity contribution in [1.29, 1.82) is 0 Å². The first-order chi connectivity index (χ1) is 11.1. The Morgan fingerprint density at radius 3 is 2.00 bits per heavy atom. The lowest BCUT2D eigenvalue weighted by molar-refractivity contribution is -0.154. The Labute approximate surface area is 137 Å². The van der Waals surface area contributed by atoms with Crippen LogP contribution in [-0.4, -0.2) is 25.6 Å². The van der Waals surface area contributed by atoms with E-state index in [0.29, 0.717) is 13.2 Å². The van der Waals surface area contributed by atoms with Crippen molar-refractivity contribution < 1.29 is 18.9 Å². The Balaban J connectivity index is 1.71. The van der Waals surface area contributed by atoms with Gasteiger partial charge in [0.15, 0.2) is 6.29 Å². The third-order valence-corrected chi connectivity index (χ3v) is 2.97. The Morgan fingerprint density at radius 1 is 0.739 bits per heavy atom. The van der Waals surface area contributed by atoms with E-state index in [4.69, 9.17) is 18.9 Å². The first-order valence-corrected chi connectivity index (χ1v) is 7.86. The molecule has 0 aliphatic heterocycles. The molecule has 0 aliphatic rings. The van der Waals surface area contributed by atoms with Gasteiger partial charge in [-0.3, -0.25) is 0 Å². The van der Waals surface area contributed by atoms with E-state index in [1.165, 1.54) is 0 Å². The van der Waals surface area contributed by atoms with Crippen LogP contribution in [0.4, 0.5) is 0 Å². The maximum absolute atomic E-state index is 5.73. The number of hydrogen-bond donors (Lipinski definition) is 0. The maximum atomic E-state index is 5.73. The topological polar surface area (TPSA) is 36.9 Å². The quantitative estimate of drug-likeness (QED) is 0.498. The number of hydrogen-bond acceptors (Lipinski definition) is 4. The zero-order valence-electron chi connectivity index (χ0n) is 13.9. The minimum Gasteiger partial charge on any atom is -0.491 e. The van der Waals surface area contributed by atoms with Crippen molar-refractivity contribution in [3.05, 3.63) is 54.6 Å². The van der Waals surface area contributed by atoms with Gasteiger partial charge in [0.25, 0.3) is 0 Å². The van der Waals surface area contributed by atoms with Crippen LogP contribution >= 0.6 is 0 Å². The molecular formula is C19H24O4. The van der Waals surface area contributed by atoms with Crippen molar-refractivity contribution in [2.45, 2.75) is 33.2 Å². The molecule has 0 saturated heterocycles. The summed E-state index contributed by atoms with van der Waals surface area (Å²) in [6, 6.07) is 17.2. The van der Waals surface area contributed by atoms with E-state index in [1.807, 2.05) is 75.4 Å². The number of para-hydroxylation sites is 1. The number of ether oxygens (including phenoxy) is 4. The van der Waals surface area contributed by atoms with Crippen LogP contribution in [0.5, 0.6) is 17.2 Å². The van der Waals surface area contributed by atoms with E-state index < -0.39 is 0 Å². The smallest absolute Gasteiger partial charge is 0.155 e. The molecule has 124 valence electrons. The van der Waals surface area contributed by atoms with Gasteiger partial charge in [0, 0.05) is 0 Å². The fourth-order valence-electron chi connectivity index (χ4n) is 2.02. The van der Waals surface area contributed by atoms with Crippen LogP contribution < -0.4 is 9.47 Å². The molecule has 4 nitrogen and oxygen atoms in total. The van der Waals surface area contributed by atoms with E-state index in [2.05, 4.69) is 0 Å². The molecule has 0 amide bonds. The summed E-state index contributed by atoms with van der Waals surface area (Å²) in [4.78, 5) is 0. The highest BCUT2D eigenvalue weighted by Crippen LogP contribution is 2.23. The zero-order valence-corrected chi connectivity index (χ0v) is 13.9. The van der Waals surface area contributed by atoms with Gasteiger partial charge in [-0.25, -0.2) is 0 Å². The standard InChI is InChI=1S/C19H24O4/c1-15(2)22-16(3)20-13-14-21-17-9-11-19(12-10-17)23-18-7-5-4-6-8-18/h4-12,15-16H,13-14H2,1-3H3. The molecule has 1 atom stereocenters. The minimum absolute atomic E-state index is 0.156. The second-order valence-corrected chi connectivity index (χ2v) is 5.36. The van der Waals surface area contributed by atoms with E-state index in [-0.39, 0.29) is 12.4 Å². The summed E-state index contributed by atoms with van der Waals surface area (Å²) in [7, 11) is 0. The largest absolute Gasteiger partial charge is 0.491 e. The highest BCUT2D eigenvalue weighted by Gasteiger charge is 2.04. The molecule has 0 aromatic heterocycles. The second-order valence-electron chi connectivity index (χ2n) is 5.36. The molecular weight excluding hydrogens is 292 g/mol. The van der Waals surface area contributed by atoms with E-state index in [1.54, 1.807) is 0 Å². The number of benzene rings is 2. The average molecular weight is 316 g/mol. The van der Waals surface area contributed by atoms with Crippen molar-refractivity contribution in [3.63, 3.8) is 0 Å². The summed E-state index contributed by atoms with van der Waals surface area (Å²) in [6.07, 6.45) is -0.0664. The molecule has 1 unspecified atom stereocenters. The third-order valence-electron chi connectivity index (χ3n) is 2.97. The maximum Gasteiger partial charge on any atom is 0.155 e. The lowest BCUT2D eigenvalue weighted by Crippen LogP contribution is -2.20. The minimum atomic E-state index is -0.222. The molecule has 2 aromatic carbocycles. The first kappa shape index (κ1) is 17.3. The van der Waals surface area contributed by atoms with E-state index in [0.717, 1.165) is 17.2 Å². The summed E-state index contributed by atoms with van der Waals surface area (Å²) in [5, 5.41) is 0. The monoisotopic (exact) mass is 316 g/mol. The lowest BCUT2D eigenvalue weighted by atomic mass is 10.3. The molecule has 2 rings (SSSR count). The summed E-state index contributed by atoms with van der Waals surface area (Å²) in [5.41, 5.74) is 0. The van der Waals surface area contributed by atoms with Crippen LogP contribution in [-0.2, 0) is 9.47 Å². The molecule has 0 spiro atoms. The van der Waals surface area contributed by atoms with Crippen LogP contribution in [0.15, 0.2) is 54.6 Å². The van der Waals surface area contributed by atoms with Gasteiger partial charge in [-0.1, -0.05) is 18.2 Å². The fraction of sp³-hybridized carbons (Fsp3) is 0.368. The van der Waals surface area contributed by atoms with Gasteiger partial charge >= 0.3 is 0 Å². The third kappa shape index (κ3) is 6.72. The Bertz CT molecular complexity index is 551. The second kappa shape index (κ2) is 9.18. The highest BCUT2D eigenvalue weighted by molar-refractivity contribution is 5.35. The predicted octanol–water partition coefficient (Wildman–Crippen LogP) is 4.65. The molecule has 0 N–H and O–H groups in total. The summed E-state index contributed by atoms with van der Waals surface area (Å²) >= 11 is 0. The molecule has 0 aliphatic carbocycles. The van der Waals surface area contributed by atoms with Gasteiger partial charge in [-0.2, -0.15) is 0 Å². The number of rotatable bonds is 9. The van der Waals surface area contributed by atoms with Crippen molar-refractivity contribution in [1.82, 2.24) is 0 Å². The average Bonchev–Trinajstić information content (AvgIpc) is 2.53. The highest BCUT2D eigenvalue weighted by atomic mass is 16.7. The lowest BCUT2D eigenvalue weighted by Gasteiger charge is -2.16. The van der Waals surface area contributed by atoms with E-state index >= 15 is 0 Å². The van der Waals surface area contributed by atoms with Gasteiger partial charge in [0.2, 0.25) is 0 Å². The SMILES string of the molecule is CC(C)OC(C)OCCOc1ccc(Oc2ccccc2)cc1. The van der Waals surface area contributed by atoms with Gasteiger partial charge < -0.3 is 18.9 Å². The van der Waals surface area contributed by atoms with Gasteiger partial charge in [-0.15, -0.1) is 0 Å². The molecule has 0 heterocycles. The van der Waals surface area contributed by atoms with Gasteiger partial charge in [0.1, 0.15) is 23.9 Å². The predicted molar refractivity (Wildman–Crippen MR) is 90.1 cm³/mol. The molecule has 0 saturated carbocycles. The Morgan fingerprint density at radius 2 is 1.35 bits per heavy atom. The molecule has 0 bridgehead atoms. The van der Waals surface area contributed by atoms with Crippen LogP contribution in [0.1, 0.15) is 20.8 Å².